The number of aromatic nitrogens is 1. The van der Waals surface area contributed by atoms with Crippen molar-refractivity contribution in [2.24, 2.45) is 0 Å². The molecule has 2 aromatic carbocycles. The molecule has 0 spiro atoms. The van der Waals surface area contributed by atoms with Crippen molar-refractivity contribution in [3.05, 3.63) is 75.7 Å². The van der Waals surface area contributed by atoms with E-state index in [1.54, 1.807) is 23.3 Å². The minimum absolute atomic E-state index is 0.0189. The van der Waals surface area contributed by atoms with Gasteiger partial charge in [0.2, 0.25) is 0 Å². The summed E-state index contributed by atoms with van der Waals surface area (Å²) in [5.74, 6) is 0.804. The summed E-state index contributed by atoms with van der Waals surface area (Å²) >= 11 is 1.62. The van der Waals surface area contributed by atoms with Crippen molar-refractivity contribution in [2.45, 2.75) is 13.5 Å². The van der Waals surface area contributed by atoms with Crippen molar-refractivity contribution in [1.82, 2.24) is 4.98 Å². The summed E-state index contributed by atoms with van der Waals surface area (Å²) in [5, 5.41) is 3.05. The summed E-state index contributed by atoms with van der Waals surface area (Å²) in [6, 6.07) is 15.6. The minimum Gasteiger partial charge on any atom is -0.487 e. The van der Waals surface area contributed by atoms with Crippen LogP contribution in [0.4, 0.5) is 5.69 Å². The summed E-state index contributed by atoms with van der Waals surface area (Å²) in [4.78, 5) is 18.6. The number of hydrogen-bond acceptors (Lipinski definition) is 4. The lowest BCUT2D eigenvalue weighted by molar-refractivity contribution is -0.112. The molecule has 1 aliphatic rings. The second-order valence-corrected chi connectivity index (χ2v) is 7.22. The maximum atomic E-state index is 12.5. The number of anilines is 1. The van der Waals surface area contributed by atoms with Gasteiger partial charge in [-0.1, -0.05) is 30.3 Å². The van der Waals surface area contributed by atoms with Crippen molar-refractivity contribution in [3.63, 3.8) is 0 Å². The largest absolute Gasteiger partial charge is 0.487 e. The summed E-state index contributed by atoms with van der Waals surface area (Å²) in [6.07, 6.45) is 1.93. The van der Waals surface area contributed by atoms with E-state index in [9.17, 15) is 4.79 Å². The van der Waals surface area contributed by atoms with Gasteiger partial charge in [-0.15, -0.1) is 11.3 Å². The van der Waals surface area contributed by atoms with Gasteiger partial charge in [0.25, 0.3) is 5.91 Å². The molecule has 0 radical (unpaired) electrons. The van der Waals surface area contributed by atoms with Gasteiger partial charge in [0.15, 0.2) is 0 Å². The lowest BCUT2D eigenvalue weighted by Crippen LogP contribution is -2.20. The molecule has 5 heteroatoms. The monoisotopic (exact) mass is 362 g/mol. The number of hydrogen-bond donors (Lipinski definition) is 0. The van der Waals surface area contributed by atoms with Gasteiger partial charge >= 0.3 is 0 Å². The summed E-state index contributed by atoms with van der Waals surface area (Å²) in [7, 11) is 1.80. The number of amides is 1. The zero-order valence-corrected chi connectivity index (χ0v) is 15.4. The van der Waals surface area contributed by atoms with Crippen molar-refractivity contribution < 1.29 is 9.53 Å². The van der Waals surface area contributed by atoms with Crippen LogP contribution in [0.3, 0.4) is 0 Å². The van der Waals surface area contributed by atoms with Crippen LogP contribution in [0, 0.1) is 6.92 Å². The van der Waals surface area contributed by atoms with Gasteiger partial charge < -0.3 is 9.64 Å². The van der Waals surface area contributed by atoms with E-state index in [4.69, 9.17) is 4.74 Å². The van der Waals surface area contributed by atoms with Gasteiger partial charge in [0, 0.05) is 23.6 Å². The van der Waals surface area contributed by atoms with Crippen LogP contribution < -0.4 is 9.64 Å². The molecule has 26 heavy (non-hydrogen) atoms. The summed E-state index contributed by atoms with van der Waals surface area (Å²) in [6.45, 7) is 2.44. The highest BCUT2D eigenvalue weighted by molar-refractivity contribution is 7.09. The zero-order chi connectivity index (χ0) is 18.1. The van der Waals surface area contributed by atoms with Crippen LogP contribution in [0.1, 0.15) is 21.8 Å². The predicted octanol–water partition coefficient (Wildman–Crippen LogP) is 4.55. The molecule has 1 aromatic heterocycles. The highest BCUT2D eigenvalue weighted by Gasteiger charge is 2.28. The van der Waals surface area contributed by atoms with E-state index in [1.807, 2.05) is 66.9 Å². The lowest BCUT2D eigenvalue weighted by Gasteiger charge is -2.08. The third-order valence-electron chi connectivity index (χ3n) is 4.34. The molecule has 3 aromatic rings. The minimum atomic E-state index is 0.0189. The number of aryl methyl sites for hydroxylation is 1. The number of rotatable bonds is 4. The number of para-hydroxylation sites is 1. The Balaban J connectivity index is 1.52. The standard InChI is InChI=1S/C21H18N2O2S/c1-14-22-16(13-26-14)12-25-17-9-7-15(8-10-17)11-19-18-5-3-4-6-20(18)23(2)21(19)24/h3-11,13H,12H2,1-2H3/b19-11-. The van der Waals surface area contributed by atoms with Crippen LogP contribution in [0.2, 0.25) is 0 Å². The molecule has 1 aliphatic heterocycles. The highest BCUT2D eigenvalue weighted by atomic mass is 32.1. The van der Waals surface area contributed by atoms with E-state index in [1.165, 1.54) is 0 Å². The van der Waals surface area contributed by atoms with Crippen LogP contribution in [0.5, 0.6) is 5.75 Å². The Hall–Kier alpha value is -2.92. The van der Waals surface area contributed by atoms with E-state index in [0.29, 0.717) is 6.61 Å². The first-order valence-electron chi connectivity index (χ1n) is 8.35. The maximum absolute atomic E-state index is 12.5. The van der Waals surface area contributed by atoms with Crippen molar-refractivity contribution in [2.75, 3.05) is 11.9 Å². The van der Waals surface area contributed by atoms with Gasteiger partial charge in [-0.05, 0) is 36.8 Å². The topological polar surface area (TPSA) is 42.4 Å². The molecule has 0 aliphatic carbocycles. The molecule has 4 rings (SSSR count). The molecule has 4 nitrogen and oxygen atoms in total. The molecule has 1 amide bonds. The van der Waals surface area contributed by atoms with Gasteiger partial charge in [0.05, 0.1) is 16.4 Å². The Kier molecular flexibility index (Phi) is 4.31. The van der Waals surface area contributed by atoms with Crippen molar-refractivity contribution in [1.29, 1.82) is 0 Å². The molecule has 2 heterocycles. The average molecular weight is 362 g/mol. The average Bonchev–Trinajstić information content (AvgIpc) is 3.18. The molecule has 0 N–H and O–H groups in total. The Labute approximate surface area is 156 Å². The molecule has 0 saturated heterocycles. The molecule has 130 valence electrons. The first kappa shape index (κ1) is 16.5. The number of fused-ring (bicyclic) bond motifs is 1. The summed E-state index contributed by atoms with van der Waals surface area (Å²) < 4.78 is 5.77. The molecule has 0 fully saturated rings. The van der Waals surface area contributed by atoms with Crippen LogP contribution in [0.15, 0.2) is 53.9 Å². The van der Waals surface area contributed by atoms with E-state index in [2.05, 4.69) is 4.98 Å². The van der Waals surface area contributed by atoms with E-state index in [-0.39, 0.29) is 5.91 Å². The van der Waals surface area contributed by atoms with Crippen molar-refractivity contribution >= 4 is 34.6 Å². The van der Waals surface area contributed by atoms with Gasteiger partial charge in [-0.3, -0.25) is 4.79 Å². The Morgan fingerprint density at radius 2 is 1.92 bits per heavy atom. The Morgan fingerprint density at radius 1 is 1.15 bits per heavy atom. The third kappa shape index (κ3) is 3.13. The maximum Gasteiger partial charge on any atom is 0.258 e. The molecule has 0 unspecified atom stereocenters. The third-order valence-corrected chi connectivity index (χ3v) is 5.16. The molecular weight excluding hydrogens is 344 g/mol. The number of carbonyl (C=O) groups excluding carboxylic acids is 1. The van der Waals surface area contributed by atoms with Crippen LogP contribution in [-0.4, -0.2) is 17.9 Å². The fourth-order valence-corrected chi connectivity index (χ4v) is 3.59. The van der Waals surface area contributed by atoms with E-state index in [0.717, 1.165) is 38.8 Å². The number of ether oxygens (including phenoxy) is 1. The quantitative estimate of drug-likeness (QED) is 0.640. The molecule has 0 bridgehead atoms. The van der Waals surface area contributed by atoms with Gasteiger partial charge in [0.1, 0.15) is 12.4 Å². The van der Waals surface area contributed by atoms with E-state index < -0.39 is 0 Å². The Morgan fingerprint density at radius 3 is 2.65 bits per heavy atom. The van der Waals surface area contributed by atoms with Gasteiger partial charge in [-0.2, -0.15) is 0 Å². The van der Waals surface area contributed by atoms with E-state index >= 15 is 0 Å². The normalized spacial score (nSPS) is 14.8. The second-order valence-electron chi connectivity index (χ2n) is 6.15. The lowest BCUT2D eigenvalue weighted by atomic mass is 10.0. The molecule has 0 saturated carbocycles. The number of nitrogens with zero attached hydrogens (tertiary/aromatic N) is 2. The first-order chi connectivity index (χ1) is 12.6. The highest BCUT2D eigenvalue weighted by Crippen LogP contribution is 2.36. The number of carbonyl (C=O) groups is 1. The smallest absolute Gasteiger partial charge is 0.258 e. The summed E-state index contributed by atoms with van der Waals surface area (Å²) in [5.41, 5.74) is 4.54. The second kappa shape index (κ2) is 6.77. The predicted molar refractivity (Wildman–Crippen MR) is 105 cm³/mol. The fourth-order valence-electron chi connectivity index (χ4n) is 3.00. The SMILES string of the molecule is Cc1nc(COc2ccc(/C=C3\C(=O)N(C)c4ccccc43)cc2)cs1. The van der Waals surface area contributed by atoms with Crippen LogP contribution >= 0.6 is 11.3 Å². The number of likely N-dealkylation sites (N-methyl/N-ethyl adjacent to an activating group) is 1. The molecule has 0 atom stereocenters. The van der Waals surface area contributed by atoms with Crippen LogP contribution in [0.25, 0.3) is 11.6 Å². The number of benzene rings is 2. The van der Waals surface area contributed by atoms with Crippen molar-refractivity contribution in [3.8, 4) is 5.75 Å². The fraction of sp³-hybridized carbons (Fsp3) is 0.143. The number of thiazole rings is 1. The first-order valence-corrected chi connectivity index (χ1v) is 9.23. The van der Waals surface area contributed by atoms with Gasteiger partial charge in [-0.25, -0.2) is 4.98 Å². The Bertz CT molecular complexity index is 989. The van der Waals surface area contributed by atoms with Crippen LogP contribution in [-0.2, 0) is 11.4 Å². The molecular formula is C21H18N2O2S. The zero-order valence-electron chi connectivity index (χ0n) is 14.6.